The standard InChI is InChI=1S/C28H23BrF3N5O3/c1-33-27-23(34-15-38)12-22(31)20(25(27)32)10-11-36-24(39)14-40-28(36)21-13-37(19-8-4-17(29)5-9-19)35-26(21)16-2-6-18(30)7-3-16/h2-9,12-13,15,28,33H,10-11,14H2,1H3,(H,34,38). The van der Waals surface area contributed by atoms with E-state index in [1.807, 2.05) is 24.3 Å². The summed E-state index contributed by atoms with van der Waals surface area (Å²) in [5.41, 5.74) is 1.97. The summed E-state index contributed by atoms with van der Waals surface area (Å²) in [6.07, 6.45) is 0.986. The van der Waals surface area contributed by atoms with Crippen LogP contribution in [0.1, 0.15) is 17.4 Å². The smallest absolute Gasteiger partial charge is 0.250 e. The van der Waals surface area contributed by atoms with Crippen molar-refractivity contribution in [1.82, 2.24) is 14.7 Å². The first-order valence-electron chi connectivity index (χ1n) is 12.2. The van der Waals surface area contributed by atoms with E-state index in [-0.39, 0.29) is 42.4 Å². The lowest BCUT2D eigenvalue weighted by molar-refractivity contribution is -0.128. The molecule has 1 aliphatic rings. The predicted octanol–water partition coefficient (Wildman–Crippen LogP) is 5.43. The van der Waals surface area contributed by atoms with Crippen LogP contribution in [0.25, 0.3) is 16.9 Å². The molecule has 1 atom stereocenters. The van der Waals surface area contributed by atoms with Crippen LogP contribution in [0, 0.1) is 17.5 Å². The molecule has 0 spiro atoms. The van der Waals surface area contributed by atoms with Gasteiger partial charge in [-0.25, -0.2) is 17.9 Å². The number of hydrogen-bond donors (Lipinski definition) is 2. The SMILES string of the molecule is CNc1c(NC=O)cc(F)c(CCN2C(=O)COC2c2cn(-c3ccc(Br)cc3)nc2-c2ccc(F)cc2)c1F. The molecular formula is C28H23BrF3N5O3. The van der Waals surface area contributed by atoms with Gasteiger partial charge in [-0.3, -0.25) is 9.59 Å². The van der Waals surface area contributed by atoms with Crippen LogP contribution >= 0.6 is 15.9 Å². The van der Waals surface area contributed by atoms with Crippen molar-refractivity contribution in [2.45, 2.75) is 12.6 Å². The van der Waals surface area contributed by atoms with Crippen LogP contribution in [0.3, 0.4) is 0 Å². The molecule has 3 aromatic carbocycles. The van der Waals surface area contributed by atoms with Crippen molar-refractivity contribution >= 4 is 39.6 Å². The fourth-order valence-corrected chi connectivity index (χ4v) is 4.89. The Kier molecular flexibility index (Phi) is 7.90. The van der Waals surface area contributed by atoms with Gasteiger partial charge in [0.05, 0.1) is 17.1 Å². The number of benzene rings is 3. The quantitative estimate of drug-likeness (QED) is 0.246. The molecule has 5 rings (SSSR count). The van der Waals surface area contributed by atoms with Gasteiger partial charge < -0.3 is 20.3 Å². The second-order valence-corrected chi connectivity index (χ2v) is 9.86. The molecule has 0 bridgehead atoms. The van der Waals surface area contributed by atoms with E-state index < -0.39 is 23.7 Å². The third-order valence-corrected chi connectivity index (χ3v) is 7.09. The lowest BCUT2D eigenvalue weighted by atomic mass is 10.1. The van der Waals surface area contributed by atoms with E-state index in [2.05, 4.69) is 26.6 Å². The highest BCUT2D eigenvalue weighted by Gasteiger charge is 2.36. The molecule has 2 N–H and O–H groups in total. The Hall–Kier alpha value is -4.16. The monoisotopic (exact) mass is 613 g/mol. The van der Waals surface area contributed by atoms with E-state index >= 15 is 4.39 Å². The van der Waals surface area contributed by atoms with Crippen LogP contribution < -0.4 is 10.6 Å². The first-order chi connectivity index (χ1) is 19.3. The summed E-state index contributed by atoms with van der Waals surface area (Å²) in [5, 5.41) is 9.61. The number of nitrogens with zero attached hydrogens (tertiary/aromatic N) is 3. The molecule has 2 amide bonds. The summed E-state index contributed by atoms with van der Waals surface area (Å²) in [6, 6.07) is 14.2. The molecule has 1 fully saturated rings. The normalized spacial score (nSPS) is 15.0. The Morgan fingerprint density at radius 1 is 1.12 bits per heavy atom. The van der Waals surface area contributed by atoms with Gasteiger partial charge in [0, 0.05) is 41.0 Å². The zero-order chi connectivity index (χ0) is 28.4. The Labute approximate surface area is 235 Å². The molecule has 12 heteroatoms. The maximum Gasteiger partial charge on any atom is 0.250 e. The first-order valence-corrected chi connectivity index (χ1v) is 13.0. The largest absolute Gasteiger partial charge is 0.384 e. The molecular weight excluding hydrogens is 591 g/mol. The average molecular weight is 614 g/mol. The summed E-state index contributed by atoms with van der Waals surface area (Å²) in [5.74, 6) is -2.50. The predicted molar refractivity (Wildman–Crippen MR) is 146 cm³/mol. The third-order valence-electron chi connectivity index (χ3n) is 6.57. The first kappa shape index (κ1) is 27.4. The van der Waals surface area contributed by atoms with Gasteiger partial charge in [-0.2, -0.15) is 5.10 Å². The van der Waals surface area contributed by atoms with Crippen molar-refractivity contribution in [1.29, 1.82) is 0 Å². The van der Waals surface area contributed by atoms with Crippen LogP contribution in [0.4, 0.5) is 24.5 Å². The summed E-state index contributed by atoms with van der Waals surface area (Å²) in [6.45, 7) is -0.292. The van der Waals surface area contributed by atoms with Crippen molar-refractivity contribution in [3.63, 3.8) is 0 Å². The van der Waals surface area contributed by atoms with Gasteiger partial charge in [-0.05, 0) is 61.0 Å². The number of carbonyl (C=O) groups is 2. The summed E-state index contributed by atoms with van der Waals surface area (Å²) in [7, 11) is 1.45. The minimum Gasteiger partial charge on any atom is -0.384 e. The maximum absolute atomic E-state index is 15.2. The van der Waals surface area contributed by atoms with Crippen LogP contribution in [0.2, 0.25) is 0 Å². The molecule has 1 saturated heterocycles. The fraction of sp³-hybridized carbons (Fsp3) is 0.179. The van der Waals surface area contributed by atoms with E-state index in [0.29, 0.717) is 23.2 Å². The number of halogens is 4. The molecule has 206 valence electrons. The number of anilines is 2. The zero-order valence-electron chi connectivity index (χ0n) is 21.1. The minimum absolute atomic E-state index is 0.0426. The Morgan fingerprint density at radius 2 is 1.85 bits per heavy atom. The van der Waals surface area contributed by atoms with Crippen LogP contribution in [0.5, 0.6) is 0 Å². The number of nitrogens with one attached hydrogen (secondary N) is 2. The lowest BCUT2D eigenvalue weighted by Gasteiger charge is -2.24. The molecule has 0 saturated carbocycles. The van der Waals surface area contributed by atoms with E-state index in [9.17, 15) is 18.4 Å². The lowest BCUT2D eigenvalue weighted by Crippen LogP contribution is -2.31. The van der Waals surface area contributed by atoms with Gasteiger partial charge in [0.25, 0.3) is 5.91 Å². The van der Waals surface area contributed by atoms with Gasteiger partial charge in [0.15, 0.2) is 12.0 Å². The Morgan fingerprint density at radius 3 is 2.52 bits per heavy atom. The van der Waals surface area contributed by atoms with Crippen molar-refractivity contribution in [3.8, 4) is 16.9 Å². The number of hydrogen-bond acceptors (Lipinski definition) is 5. The molecule has 1 aliphatic heterocycles. The molecule has 1 aromatic heterocycles. The number of ether oxygens (including phenoxy) is 1. The average Bonchev–Trinajstić information content (AvgIpc) is 3.53. The summed E-state index contributed by atoms with van der Waals surface area (Å²) in [4.78, 5) is 25.1. The van der Waals surface area contributed by atoms with E-state index in [1.165, 1.54) is 24.1 Å². The van der Waals surface area contributed by atoms with Crippen LogP contribution in [0.15, 0.2) is 65.3 Å². The molecule has 0 radical (unpaired) electrons. The topological polar surface area (TPSA) is 88.5 Å². The van der Waals surface area contributed by atoms with Crippen molar-refractivity contribution < 1.29 is 27.5 Å². The highest BCUT2D eigenvalue weighted by atomic mass is 79.9. The molecule has 40 heavy (non-hydrogen) atoms. The van der Waals surface area contributed by atoms with Crippen LogP contribution in [-0.4, -0.2) is 47.2 Å². The summed E-state index contributed by atoms with van der Waals surface area (Å²) >= 11 is 3.41. The number of amides is 2. The number of aromatic nitrogens is 2. The molecule has 8 nitrogen and oxygen atoms in total. The summed E-state index contributed by atoms with van der Waals surface area (Å²) < 4.78 is 52.1. The molecule has 4 aromatic rings. The van der Waals surface area contributed by atoms with Crippen molar-refractivity contribution in [2.75, 3.05) is 30.8 Å². The highest BCUT2D eigenvalue weighted by molar-refractivity contribution is 9.10. The van der Waals surface area contributed by atoms with Gasteiger partial charge in [0.2, 0.25) is 6.41 Å². The minimum atomic E-state index is -0.900. The third kappa shape index (κ3) is 5.32. The Balaban J connectivity index is 1.50. The molecule has 0 aliphatic carbocycles. The second kappa shape index (κ2) is 11.5. The second-order valence-electron chi connectivity index (χ2n) is 8.95. The van der Waals surface area contributed by atoms with Gasteiger partial charge in [-0.15, -0.1) is 0 Å². The van der Waals surface area contributed by atoms with Crippen molar-refractivity contribution in [2.24, 2.45) is 0 Å². The number of carbonyl (C=O) groups excluding carboxylic acids is 2. The fourth-order valence-electron chi connectivity index (χ4n) is 4.62. The van der Waals surface area contributed by atoms with E-state index in [1.54, 1.807) is 23.0 Å². The number of rotatable bonds is 9. The van der Waals surface area contributed by atoms with E-state index in [0.717, 1.165) is 16.2 Å². The van der Waals surface area contributed by atoms with Gasteiger partial charge in [0.1, 0.15) is 23.9 Å². The Bertz CT molecular complexity index is 1560. The van der Waals surface area contributed by atoms with Gasteiger partial charge >= 0.3 is 0 Å². The van der Waals surface area contributed by atoms with E-state index in [4.69, 9.17) is 9.84 Å². The molecule has 1 unspecified atom stereocenters. The maximum atomic E-state index is 15.2. The van der Waals surface area contributed by atoms with Gasteiger partial charge in [-0.1, -0.05) is 15.9 Å². The highest BCUT2D eigenvalue weighted by Crippen LogP contribution is 2.36. The zero-order valence-corrected chi connectivity index (χ0v) is 22.7. The van der Waals surface area contributed by atoms with Crippen molar-refractivity contribution in [3.05, 3.63) is 93.8 Å². The van der Waals surface area contributed by atoms with Crippen LogP contribution in [-0.2, 0) is 20.7 Å². The molecule has 2 heterocycles.